The van der Waals surface area contributed by atoms with Gasteiger partial charge >= 0.3 is 5.97 Å². The highest BCUT2D eigenvalue weighted by Crippen LogP contribution is 2.22. The summed E-state index contributed by atoms with van der Waals surface area (Å²) in [6, 6.07) is 0.933. The number of aromatic carboxylic acids is 1. The zero-order valence-corrected chi connectivity index (χ0v) is 10.6. The van der Waals surface area contributed by atoms with Gasteiger partial charge in [0.25, 0.3) is 6.43 Å². The van der Waals surface area contributed by atoms with E-state index in [0.29, 0.717) is 0 Å². The van der Waals surface area contributed by atoms with Crippen molar-refractivity contribution < 1.29 is 23.1 Å². The summed E-state index contributed by atoms with van der Waals surface area (Å²) in [4.78, 5) is 13.8. The second kappa shape index (κ2) is 4.48. The highest BCUT2D eigenvalue weighted by Gasteiger charge is 2.28. The highest BCUT2D eigenvalue weighted by molar-refractivity contribution is 6.88. The van der Waals surface area contributed by atoms with Crippen LogP contribution in [0, 0.1) is 5.95 Å². The fourth-order valence-electron chi connectivity index (χ4n) is 1.37. The number of nitrogens with zero attached hydrogens (tertiary/aromatic N) is 1. The van der Waals surface area contributed by atoms with Crippen molar-refractivity contribution in [3.63, 3.8) is 0 Å². The van der Waals surface area contributed by atoms with Crippen LogP contribution in [0.4, 0.5) is 13.2 Å². The maximum absolute atomic E-state index is 13.6. The average molecular weight is 263 g/mol. The Labute approximate surface area is 97.3 Å². The van der Waals surface area contributed by atoms with E-state index in [1.54, 1.807) is 19.6 Å². The van der Waals surface area contributed by atoms with Gasteiger partial charge in [-0.25, -0.2) is 18.6 Å². The van der Waals surface area contributed by atoms with Gasteiger partial charge in [0.05, 0.1) is 13.6 Å². The van der Waals surface area contributed by atoms with Crippen molar-refractivity contribution in [2.45, 2.75) is 26.1 Å². The Balaban J connectivity index is 3.51. The number of carboxylic acid groups (broad SMARTS) is 1. The Kier molecular flexibility index (Phi) is 3.61. The Morgan fingerprint density at radius 1 is 1.41 bits per heavy atom. The summed E-state index contributed by atoms with van der Waals surface area (Å²) in [5.41, 5.74) is -1.64. The molecule has 3 nitrogen and oxygen atoms in total. The summed E-state index contributed by atoms with van der Waals surface area (Å²) in [5, 5.41) is 8.79. The molecule has 1 heterocycles. The number of hydrogen-bond donors (Lipinski definition) is 1. The van der Waals surface area contributed by atoms with Crippen molar-refractivity contribution in [2.24, 2.45) is 0 Å². The molecule has 1 rings (SSSR count). The summed E-state index contributed by atoms with van der Waals surface area (Å²) < 4.78 is 38.9. The van der Waals surface area contributed by atoms with Crippen LogP contribution in [0.1, 0.15) is 22.5 Å². The number of halogens is 3. The van der Waals surface area contributed by atoms with Crippen molar-refractivity contribution in [1.29, 1.82) is 0 Å². The van der Waals surface area contributed by atoms with Crippen LogP contribution in [-0.4, -0.2) is 24.1 Å². The number of hydrogen-bond acceptors (Lipinski definition) is 2. The third kappa shape index (κ3) is 2.85. The molecule has 0 aliphatic carbocycles. The van der Waals surface area contributed by atoms with Crippen molar-refractivity contribution in [3.05, 3.63) is 23.3 Å². The van der Waals surface area contributed by atoms with Crippen LogP contribution in [0.5, 0.6) is 0 Å². The molecule has 0 bridgehead atoms. The molecule has 0 unspecified atom stereocenters. The van der Waals surface area contributed by atoms with Crippen LogP contribution in [0.2, 0.25) is 19.6 Å². The van der Waals surface area contributed by atoms with E-state index in [9.17, 15) is 18.0 Å². The molecule has 0 radical (unpaired) electrons. The number of aromatic nitrogens is 1. The maximum Gasteiger partial charge on any atom is 0.355 e. The predicted octanol–water partition coefficient (Wildman–Crippen LogP) is 2.40. The molecular formula is C10H12F3NO2Si. The van der Waals surface area contributed by atoms with Crippen LogP contribution in [0.25, 0.3) is 0 Å². The van der Waals surface area contributed by atoms with Gasteiger partial charge in [-0.3, -0.25) is 0 Å². The van der Waals surface area contributed by atoms with Gasteiger partial charge in [-0.1, -0.05) is 19.6 Å². The fraction of sp³-hybridized carbons (Fsp3) is 0.400. The standard InChI is InChI=1S/C10H12F3NO2Si/c1-17(2,3)6-4-5(8(11)12)7(10(15)16)14-9(6)13/h4,8H,1-3H3,(H,15,16). The molecule has 0 aliphatic heterocycles. The van der Waals surface area contributed by atoms with Crippen LogP contribution >= 0.6 is 0 Å². The SMILES string of the molecule is C[Si](C)(C)c1cc(C(F)F)c(C(=O)O)nc1F. The molecule has 17 heavy (non-hydrogen) atoms. The van der Waals surface area contributed by atoms with Crippen molar-refractivity contribution >= 4 is 19.2 Å². The lowest BCUT2D eigenvalue weighted by molar-refractivity contribution is 0.0675. The maximum atomic E-state index is 13.6. The second-order valence-corrected chi connectivity index (χ2v) is 9.66. The zero-order chi connectivity index (χ0) is 13.4. The van der Waals surface area contributed by atoms with Gasteiger partial charge in [0.15, 0.2) is 5.69 Å². The summed E-state index contributed by atoms with van der Waals surface area (Å²) in [6.07, 6.45) is -2.98. The third-order valence-corrected chi connectivity index (χ3v) is 4.22. The Morgan fingerprint density at radius 3 is 2.29 bits per heavy atom. The fourth-order valence-corrected chi connectivity index (χ4v) is 2.63. The second-order valence-electron chi connectivity index (χ2n) is 4.62. The van der Waals surface area contributed by atoms with Crippen LogP contribution in [-0.2, 0) is 0 Å². The van der Waals surface area contributed by atoms with Crippen molar-refractivity contribution in [2.75, 3.05) is 0 Å². The molecule has 0 aliphatic rings. The number of carbonyl (C=O) groups is 1. The zero-order valence-electron chi connectivity index (χ0n) is 9.59. The van der Waals surface area contributed by atoms with E-state index in [-0.39, 0.29) is 5.19 Å². The van der Waals surface area contributed by atoms with E-state index in [2.05, 4.69) is 4.98 Å². The van der Waals surface area contributed by atoms with Crippen molar-refractivity contribution in [3.8, 4) is 0 Å². The third-order valence-electron chi connectivity index (χ3n) is 2.25. The van der Waals surface area contributed by atoms with E-state index < -0.39 is 37.7 Å². The number of carboxylic acids is 1. The molecule has 0 spiro atoms. The van der Waals surface area contributed by atoms with E-state index in [1.807, 2.05) is 0 Å². The highest BCUT2D eigenvalue weighted by atomic mass is 28.3. The molecule has 0 saturated heterocycles. The molecule has 0 aromatic carbocycles. The molecule has 7 heteroatoms. The lowest BCUT2D eigenvalue weighted by Crippen LogP contribution is -2.41. The van der Waals surface area contributed by atoms with Gasteiger partial charge in [-0.05, 0) is 11.3 Å². The average Bonchev–Trinajstić information content (AvgIpc) is 2.14. The minimum absolute atomic E-state index is 0.109. The monoisotopic (exact) mass is 263 g/mol. The topological polar surface area (TPSA) is 50.2 Å². The van der Waals surface area contributed by atoms with E-state index in [4.69, 9.17) is 5.11 Å². The first-order valence-electron chi connectivity index (χ1n) is 4.87. The Hall–Kier alpha value is -1.37. The van der Waals surface area contributed by atoms with E-state index in [0.717, 1.165) is 6.07 Å². The number of rotatable bonds is 3. The molecule has 0 saturated carbocycles. The van der Waals surface area contributed by atoms with Gasteiger partial charge < -0.3 is 5.11 Å². The van der Waals surface area contributed by atoms with E-state index in [1.165, 1.54) is 0 Å². The molecular weight excluding hydrogens is 251 g/mol. The summed E-state index contributed by atoms with van der Waals surface area (Å²) >= 11 is 0. The normalized spacial score (nSPS) is 11.9. The molecule has 0 fully saturated rings. The van der Waals surface area contributed by atoms with E-state index >= 15 is 0 Å². The largest absolute Gasteiger partial charge is 0.476 e. The first-order chi connectivity index (χ1) is 7.64. The first kappa shape index (κ1) is 13.7. The van der Waals surface area contributed by atoms with Crippen molar-refractivity contribution in [1.82, 2.24) is 4.98 Å². The van der Waals surface area contributed by atoms with Crippen LogP contribution in [0.3, 0.4) is 0 Å². The molecule has 1 N–H and O–H groups in total. The molecule has 1 aromatic rings. The number of pyridine rings is 1. The summed E-state index contributed by atoms with van der Waals surface area (Å²) in [5.74, 6) is -2.62. The molecule has 94 valence electrons. The van der Waals surface area contributed by atoms with Gasteiger partial charge in [0.1, 0.15) is 0 Å². The van der Waals surface area contributed by atoms with Gasteiger partial charge in [-0.2, -0.15) is 4.39 Å². The Morgan fingerprint density at radius 2 is 1.94 bits per heavy atom. The molecule has 0 atom stereocenters. The Bertz CT molecular complexity index is 458. The minimum Gasteiger partial charge on any atom is -0.476 e. The molecule has 1 aromatic heterocycles. The number of alkyl halides is 2. The lowest BCUT2D eigenvalue weighted by atomic mass is 10.2. The van der Waals surface area contributed by atoms with Crippen LogP contribution in [0.15, 0.2) is 6.07 Å². The van der Waals surface area contributed by atoms with Gasteiger partial charge in [-0.15, -0.1) is 0 Å². The smallest absolute Gasteiger partial charge is 0.355 e. The predicted molar refractivity (Wildman–Crippen MR) is 59.1 cm³/mol. The van der Waals surface area contributed by atoms with Gasteiger partial charge in [0, 0.05) is 0 Å². The first-order valence-corrected chi connectivity index (χ1v) is 8.37. The van der Waals surface area contributed by atoms with Gasteiger partial charge in [0.2, 0.25) is 5.95 Å². The summed E-state index contributed by atoms with van der Waals surface area (Å²) in [6.45, 7) is 5.30. The minimum atomic E-state index is -2.98. The summed E-state index contributed by atoms with van der Waals surface area (Å²) in [7, 11) is -2.18. The lowest BCUT2D eigenvalue weighted by Gasteiger charge is -2.18. The van der Waals surface area contributed by atoms with Crippen LogP contribution < -0.4 is 5.19 Å². The quantitative estimate of drug-likeness (QED) is 0.673. The molecule has 0 amide bonds.